The third-order valence-corrected chi connectivity index (χ3v) is 3.43. The average Bonchev–Trinajstić information content (AvgIpc) is 2.75. The van der Waals surface area contributed by atoms with Crippen LogP contribution in [0.3, 0.4) is 0 Å². The van der Waals surface area contributed by atoms with Crippen LogP contribution in [0.1, 0.15) is 0 Å². The van der Waals surface area contributed by atoms with Crippen molar-refractivity contribution >= 4 is 36.0 Å². The highest BCUT2D eigenvalue weighted by molar-refractivity contribution is 7.93. The fourth-order valence-electron chi connectivity index (χ4n) is 2.13. The Morgan fingerprint density at radius 2 is 2.37 bits per heavy atom. The van der Waals surface area contributed by atoms with Crippen molar-refractivity contribution in [2.24, 2.45) is 4.99 Å². The summed E-state index contributed by atoms with van der Waals surface area (Å²) >= 11 is 1.30. The van der Waals surface area contributed by atoms with Gasteiger partial charge in [0.15, 0.2) is 6.29 Å². The second-order valence-corrected chi connectivity index (χ2v) is 4.69. The summed E-state index contributed by atoms with van der Waals surface area (Å²) < 4.78 is 7.00. The lowest BCUT2D eigenvalue weighted by Gasteiger charge is -2.20. The van der Waals surface area contributed by atoms with Crippen molar-refractivity contribution in [1.29, 1.82) is 0 Å². The van der Waals surface area contributed by atoms with Gasteiger partial charge in [0.05, 0.1) is 25.4 Å². The summed E-state index contributed by atoms with van der Waals surface area (Å²) in [6.45, 7) is 1.09. The first-order valence-corrected chi connectivity index (χ1v) is 6.94. The van der Waals surface area contributed by atoms with E-state index < -0.39 is 0 Å². The van der Waals surface area contributed by atoms with Gasteiger partial charge < -0.3 is 9.08 Å². The highest BCUT2D eigenvalue weighted by Gasteiger charge is 2.29. The SMILES string of the molecule is CSOCC1Cn2c(c(/N=C\C=O)ccc2=O)N1C. The van der Waals surface area contributed by atoms with Gasteiger partial charge in [0.2, 0.25) is 0 Å². The van der Waals surface area contributed by atoms with E-state index in [-0.39, 0.29) is 11.6 Å². The number of hydrogen-bond donors (Lipinski definition) is 0. The van der Waals surface area contributed by atoms with E-state index in [0.29, 0.717) is 25.1 Å². The normalized spacial score (nSPS) is 18.0. The first-order valence-electron chi connectivity index (χ1n) is 5.79. The van der Waals surface area contributed by atoms with Crippen LogP contribution in [0.2, 0.25) is 0 Å². The van der Waals surface area contributed by atoms with E-state index in [2.05, 4.69) is 4.99 Å². The van der Waals surface area contributed by atoms with Crippen LogP contribution in [-0.2, 0) is 15.5 Å². The lowest BCUT2D eigenvalue weighted by atomic mass is 10.3. The van der Waals surface area contributed by atoms with Crippen LogP contribution in [0.25, 0.3) is 0 Å². The summed E-state index contributed by atoms with van der Waals surface area (Å²) in [6.07, 6.45) is 3.65. The molecule has 1 unspecified atom stereocenters. The molecule has 19 heavy (non-hydrogen) atoms. The van der Waals surface area contributed by atoms with Gasteiger partial charge in [0.25, 0.3) is 5.56 Å². The molecule has 1 aliphatic rings. The third-order valence-electron chi connectivity index (χ3n) is 3.06. The van der Waals surface area contributed by atoms with Gasteiger partial charge in [-0.05, 0) is 18.1 Å². The summed E-state index contributed by atoms with van der Waals surface area (Å²) in [5.74, 6) is 0.723. The highest BCUT2D eigenvalue weighted by atomic mass is 32.2. The number of aldehydes is 1. The Kier molecular flexibility index (Phi) is 4.39. The number of anilines is 1. The molecule has 2 rings (SSSR count). The zero-order valence-electron chi connectivity index (χ0n) is 10.8. The molecule has 0 spiro atoms. The summed E-state index contributed by atoms with van der Waals surface area (Å²) in [5, 5.41) is 0. The number of likely N-dealkylation sites (N-methyl/N-ethyl adjacent to an activating group) is 1. The van der Waals surface area contributed by atoms with Crippen molar-refractivity contribution < 1.29 is 8.98 Å². The van der Waals surface area contributed by atoms with Crippen LogP contribution in [0, 0.1) is 0 Å². The molecule has 0 radical (unpaired) electrons. The van der Waals surface area contributed by atoms with E-state index in [9.17, 15) is 9.59 Å². The van der Waals surface area contributed by atoms with Crippen LogP contribution in [0.4, 0.5) is 11.5 Å². The fourth-order valence-corrected chi connectivity index (χ4v) is 2.43. The number of carbonyl (C=O) groups excluding carboxylic acids is 1. The molecule has 0 fully saturated rings. The first-order chi connectivity index (χ1) is 9.19. The van der Waals surface area contributed by atoms with Crippen LogP contribution >= 0.6 is 12.0 Å². The smallest absolute Gasteiger partial charge is 0.252 e. The number of fused-ring (bicyclic) bond motifs is 1. The number of rotatable bonds is 5. The third kappa shape index (κ3) is 2.71. The quantitative estimate of drug-likeness (QED) is 0.455. The highest BCUT2D eigenvalue weighted by Crippen LogP contribution is 2.32. The Morgan fingerprint density at radius 1 is 1.58 bits per heavy atom. The van der Waals surface area contributed by atoms with E-state index in [1.165, 1.54) is 24.3 Å². The van der Waals surface area contributed by atoms with Gasteiger partial charge in [-0.15, -0.1) is 0 Å². The number of pyridine rings is 1. The molecule has 1 aromatic heterocycles. The maximum absolute atomic E-state index is 11.9. The van der Waals surface area contributed by atoms with Gasteiger partial charge in [-0.3, -0.25) is 14.2 Å². The van der Waals surface area contributed by atoms with E-state index >= 15 is 0 Å². The number of hydrogen-bond acceptors (Lipinski definition) is 6. The Hall–Kier alpha value is -1.60. The minimum atomic E-state index is -0.0708. The minimum absolute atomic E-state index is 0.0708. The Bertz CT molecular complexity index is 556. The molecule has 7 heteroatoms. The molecular weight excluding hydrogens is 266 g/mol. The second-order valence-electron chi connectivity index (χ2n) is 4.12. The summed E-state index contributed by atoms with van der Waals surface area (Å²) in [5.41, 5.74) is 0.541. The maximum atomic E-state index is 11.9. The summed E-state index contributed by atoms with van der Waals surface area (Å²) in [6, 6.07) is 3.18. The van der Waals surface area contributed by atoms with Gasteiger partial charge in [-0.2, -0.15) is 0 Å². The lowest BCUT2D eigenvalue weighted by Crippen LogP contribution is -2.31. The molecule has 1 aromatic rings. The molecular formula is C12H15N3O3S. The molecule has 0 amide bonds. The minimum Gasteiger partial charge on any atom is -0.352 e. The van der Waals surface area contributed by atoms with Crippen LogP contribution in [-0.4, -0.2) is 43.0 Å². The van der Waals surface area contributed by atoms with Crippen molar-refractivity contribution in [2.45, 2.75) is 12.6 Å². The summed E-state index contributed by atoms with van der Waals surface area (Å²) in [4.78, 5) is 28.3. The van der Waals surface area contributed by atoms with Gasteiger partial charge in [-0.25, -0.2) is 4.99 Å². The zero-order chi connectivity index (χ0) is 13.8. The molecule has 0 aromatic carbocycles. The fraction of sp³-hybridized carbons (Fsp3) is 0.417. The van der Waals surface area contributed by atoms with Gasteiger partial charge >= 0.3 is 0 Å². The number of nitrogens with zero attached hydrogens (tertiary/aromatic N) is 3. The number of aliphatic imine (C=N–C) groups is 1. The zero-order valence-corrected chi connectivity index (χ0v) is 11.6. The van der Waals surface area contributed by atoms with Crippen LogP contribution < -0.4 is 10.5 Å². The van der Waals surface area contributed by atoms with Crippen molar-refractivity contribution in [3.05, 3.63) is 22.5 Å². The molecule has 0 aliphatic carbocycles. The maximum Gasteiger partial charge on any atom is 0.252 e. The van der Waals surface area contributed by atoms with Crippen molar-refractivity contribution in [1.82, 2.24) is 4.57 Å². The van der Waals surface area contributed by atoms with Crippen molar-refractivity contribution in [3.63, 3.8) is 0 Å². The Balaban J connectivity index is 2.37. The number of aromatic nitrogens is 1. The van der Waals surface area contributed by atoms with Crippen LogP contribution in [0.5, 0.6) is 0 Å². The van der Waals surface area contributed by atoms with E-state index in [1.807, 2.05) is 18.2 Å². The van der Waals surface area contributed by atoms with Gasteiger partial charge in [-0.1, -0.05) is 0 Å². The van der Waals surface area contributed by atoms with Crippen molar-refractivity contribution in [2.75, 3.05) is 24.8 Å². The molecule has 2 heterocycles. The molecule has 6 nitrogen and oxygen atoms in total. The molecule has 1 aliphatic heterocycles. The molecule has 102 valence electrons. The van der Waals surface area contributed by atoms with Crippen LogP contribution in [0.15, 0.2) is 21.9 Å². The number of carbonyl (C=O) groups is 1. The van der Waals surface area contributed by atoms with E-state index in [0.717, 1.165) is 5.82 Å². The Labute approximate surface area is 115 Å². The van der Waals surface area contributed by atoms with E-state index in [1.54, 1.807) is 10.6 Å². The summed E-state index contributed by atoms with van der Waals surface area (Å²) in [7, 11) is 1.90. The van der Waals surface area contributed by atoms with Crippen molar-refractivity contribution in [3.8, 4) is 0 Å². The predicted octanol–water partition coefficient (Wildman–Crippen LogP) is 0.862. The lowest BCUT2D eigenvalue weighted by molar-refractivity contribution is -0.102. The van der Waals surface area contributed by atoms with E-state index in [4.69, 9.17) is 4.18 Å². The molecule has 0 saturated heterocycles. The first kappa shape index (κ1) is 13.8. The van der Waals surface area contributed by atoms with Gasteiger partial charge in [0.1, 0.15) is 11.5 Å². The topological polar surface area (TPSA) is 63.9 Å². The standard InChI is InChI=1S/C12H15N3O3S/c1-14-9(8-18-19-2)7-15-11(17)4-3-10(12(14)15)13-5-6-16/h3-6,9H,7-8H2,1-2H3/b13-5-. The Morgan fingerprint density at radius 3 is 3.05 bits per heavy atom. The predicted molar refractivity (Wildman–Crippen MR) is 76.6 cm³/mol. The molecule has 0 saturated carbocycles. The van der Waals surface area contributed by atoms with Gasteiger partial charge in [0, 0.05) is 19.4 Å². The molecule has 0 N–H and O–H groups in total. The monoisotopic (exact) mass is 281 g/mol. The molecule has 0 bridgehead atoms. The average molecular weight is 281 g/mol. The largest absolute Gasteiger partial charge is 0.352 e. The molecule has 1 atom stereocenters. The second kappa shape index (κ2) is 6.03.